The van der Waals surface area contributed by atoms with Crippen LogP contribution in [0.5, 0.6) is 0 Å². The van der Waals surface area contributed by atoms with E-state index in [2.05, 4.69) is 25.5 Å². The fraction of sp³-hybridized carbons (Fsp3) is 0.316. The van der Waals surface area contributed by atoms with Gasteiger partial charge in [-0.2, -0.15) is 5.10 Å². The first-order chi connectivity index (χ1) is 13.0. The fourth-order valence-electron chi connectivity index (χ4n) is 3.48. The Morgan fingerprint density at radius 3 is 3.00 bits per heavy atom. The molecule has 1 aliphatic heterocycles. The van der Waals surface area contributed by atoms with Crippen LogP contribution in [0.25, 0.3) is 11.0 Å². The third-order valence-corrected chi connectivity index (χ3v) is 4.76. The maximum absolute atomic E-state index is 12.7. The second kappa shape index (κ2) is 6.79. The molecule has 0 radical (unpaired) electrons. The summed E-state index contributed by atoms with van der Waals surface area (Å²) in [6.07, 6.45) is 1.89. The number of fused-ring (bicyclic) bond motifs is 1. The molecule has 27 heavy (non-hydrogen) atoms. The smallest absolute Gasteiger partial charge is 0.231 e. The van der Waals surface area contributed by atoms with Crippen molar-refractivity contribution in [3.05, 3.63) is 47.4 Å². The van der Waals surface area contributed by atoms with Gasteiger partial charge in [0.05, 0.1) is 23.5 Å². The second-order valence-corrected chi connectivity index (χ2v) is 6.86. The zero-order chi connectivity index (χ0) is 19.0. The van der Waals surface area contributed by atoms with Gasteiger partial charge < -0.3 is 10.2 Å². The third-order valence-electron chi connectivity index (χ3n) is 4.76. The van der Waals surface area contributed by atoms with Gasteiger partial charge in [-0.15, -0.1) is 0 Å². The molecule has 0 saturated carbocycles. The Kier molecular flexibility index (Phi) is 4.31. The van der Waals surface area contributed by atoms with Crippen molar-refractivity contribution < 1.29 is 9.59 Å². The van der Waals surface area contributed by atoms with Gasteiger partial charge in [-0.25, -0.2) is 4.98 Å². The van der Waals surface area contributed by atoms with Crippen LogP contribution >= 0.6 is 0 Å². The molecular formula is C19H20N6O2. The zero-order valence-corrected chi connectivity index (χ0v) is 15.2. The SMILES string of the molecule is Cc1cc(C)c2c(NC(=O)C3CC(=O)N(Cc4ccccn4)C3)n[nH]c2n1. The number of rotatable bonds is 4. The summed E-state index contributed by atoms with van der Waals surface area (Å²) in [6.45, 7) is 4.65. The number of hydrogen-bond donors (Lipinski definition) is 2. The van der Waals surface area contributed by atoms with Gasteiger partial charge in [0, 0.05) is 24.9 Å². The van der Waals surface area contributed by atoms with Crippen LogP contribution in [-0.2, 0) is 16.1 Å². The van der Waals surface area contributed by atoms with Gasteiger partial charge >= 0.3 is 0 Å². The summed E-state index contributed by atoms with van der Waals surface area (Å²) in [5, 5.41) is 10.7. The quantitative estimate of drug-likeness (QED) is 0.736. The number of nitrogens with zero attached hydrogens (tertiary/aromatic N) is 4. The van der Waals surface area contributed by atoms with E-state index in [0.29, 0.717) is 24.6 Å². The largest absolute Gasteiger partial charge is 0.336 e. The number of carbonyl (C=O) groups is 2. The lowest BCUT2D eigenvalue weighted by atomic mass is 10.1. The van der Waals surface area contributed by atoms with Gasteiger partial charge in [0.2, 0.25) is 11.8 Å². The third kappa shape index (κ3) is 3.38. The predicted molar refractivity (Wildman–Crippen MR) is 99.8 cm³/mol. The number of pyridine rings is 2. The Bertz CT molecular complexity index is 1010. The first kappa shape index (κ1) is 17.1. The highest BCUT2D eigenvalue weighted by Crippen LogP contribution is 2.26. The van der Waals surface area contributed by atoms with E-state index < -0.39 is 5.92 Å². The summed E-state index contributed by atoms with van der Waals surface area (Å²) in [6, 6.07) is 7.53. The van der Waals surface area contributed by atoms with E-state index in [4.69, 9.17) is 0 Å². The van der Waals surface area contributed by atoms with Crippen LogP contribution < -0.4 is 5.32 Å². The van der Waals surface area contributed by atoms with Gasteiger partial charge in [-0.3, -0.25) is 19.7 Å². The minimum atomic E-state index is -0.410. The Balaban J connectivity index is 1.47. The number of aryl methyl sites for hydroxylation is 2. The van der Waals surface area contributed by atoms with E-state index in [9.17, 15) is 9.59 Å². The number of amides is 2. The molecule has 1 atom stereocenters. The summed E-state index contributed by atoms with van der Waals surface area (Å²) in [4.78, 5) is 35.3. The Morgan fingerprint density at radius 2 is 2.22 bits per heavy atom. The Labute approximate surface area is 156 Å². The molecule has 138 valence electrons. The van der Waals surface area contributed by atoms with Crippen LogP contribution in [0.1, 0.15) is 23.4 Å². The molecule has 2 N–H and O–H groups in total. The molecule has 2 amide bonds. The summed E-state index contributed by atoms with van der Waals surface area (Å²) >= 11 is 0. The molecule has 1 unspecified atom stereocenters. The highest BCUT2D eigenvalue weighted by atomic mass is 16.2. The molecule has 8 heteroatoms. The molecule has 3 aromatic heterocycles. The van der Waals surface area contributed by atoms with Crippen molar-refractivity contribution >= 4 is 28.7 Å². The molecule has 4 rings (SSSR count). The number of H-pyrrole nitrogens is 1. The minimum absolute atomic E-state index is 0.0406. The first-order valence-electron chi connectivity index (χ1n) is 8.82. The Morgan fingerprint density at radius 1 is 1.37 bits per heavy atom. The second-order valence-electron chi connectivity index (χ2n) is 6.86. The topological polar surface area (TPSA) is 104 Å². The molecule has 3 aromatic rings. The molecule has 1 fully saturated rings. The van der Waals surface area contributed by atoms with Gasteiger partial charge in [-0.05, 0) is 37.6 Å². The van der Waals surface area contributed by atoms with Crippen molar-refractivity contribution in [2.45, 2.75) is 26.8 Å². The average molecular weight is 364 g/mol. The molecule has 4 heterocycles. The monoisotopic (exact) mass is 364 g/mol. The van der Waals surface area contributed by atoms with Gasteiger partial charge in [0.25, 0.3) is 0 Å². The summed E-state index contributed by atoms with van der Waals surface area (Å²) < 4.78 is 0. The fourth-order valence-corrected chi connectivity index (χ4v) is 3.48. The highest BCUT2D eigenvalue weighted by Gasteiger charge is 2.35. The van der Waals surface area contributed by atoms with E-state index >= 15 is 0 Å². The number of aromatic amines is 1. The van der Waals surface area contributed by atoms with Crippen LogP contribution in [0.2, 0.25) is 0 Å². The van der Waals surface area contributed by atoms with Crippen LogP contribution in [0.3, 0.4) is 0 Å². The zero-order valence-electron chi connectivity index (χ0n) is 15.2. The maximum atomic E-state index is 12.7. The van der Waals surface area contributed by atoms with Crippen LogP contribution in [-0.4, -0.2) is 43.4 Å². The standard InChI is InChI=1S/C19H20N6O2/c1-11-7-12(2)21-17-16(11)18(24-23-17)22-19(27)13-8-15(26)25(9-13)10-14-5-3-4-6-20-14/h3-7,13H,8-10H2,1-2H3,(H2,21,22,23,24,27). The lowest BCUT2D eigenvalue weighted by Crippen LogP contribution is -2.28. The summed E-state index contributed by atoms with van der Waals surface area (Å²) in [7, 11) is 0. The van der Waals surface area contributed by atoms with Crippen molar-refractivity contribution in [1.29, 1.82) is 0 Å². The lowest BCUT2D eigenvalue weighted by Gasteiger charge is -2.15. The molecule has 0 aliphatic carbocycles. The summed E-state index contributed by atoms with van der Waals surface area (Å²) in [5.74, 6) is -0.205. The number of likely N-dealkylation sites (tertiary alicyclic amines) is 1. The predicted octanol–water partition coefficient (Wildman–Crippen LogP) is 1.96. The molecule has 0 spiro atoms. The number of aromatic nitrogens is 4. The van der Waals surface area contributed by atoms with E-state index in [0.717, 1.165) is 22.3 Å². The van der Waals surface area contributed by atoms with Gasteiger partial charge in [-0.1, -0.05) is 6.07 Å². The molecule has 1 saturated heterocycles. The van der Waals surface area contributed by atoms with E-state index in [1.165, 1.54) is 0 Å². The van der Waals surface area contributed by atoms with Crippen molar-refractivity contribution in [2.24, 2.45) is 5.92 Å². The maximum Gasteiger partial charge on any atom is 0.231 e. The van der Waals surface area contributed by atoms with Gasteiger partial charge in [0.1, 0.15) is 0 Å². The molecule has 8 nitrogen and oxygen atoms in total. The van der Waals surface area contributed by atoms with Crippen LogP contribution in [0, 0.1) is 19.8 Å². The molecule has 0 bridgehead atoms. The van der Waals surface area contributed by atoms with Crippen molar-refractivity contribution in [3.63, 3.8) is 0 Å². The van der Waals surface area contributed by atoms with Crippen molar-refractivity contribution in [2.75, 3.05) is 11.9 Å². The van der Waals surface area contributed by atoms with Crippen molar-refractivity contribution in [3.8, 4) is 0 Å². The first-order valence-corrected chi connectivity index (χ1v) is 8.82. The van der Waals surface area contributed by atoms with E-state index in [-0.39, 0.29) is 18.2 Å². The Hall–Kier alpha value is -3.29. The van der Waals surface area contributed by atoms with Crippen LogP contribution in [0.4, 0.5) is 5.82 Å². The highest BCUT2D eigenvalue weighted by molar-refractivity contribution is 6.02. The minimum Gasteiger partial charge on any atom is -0.336 e. The summed E-state index contributed by atoms with van der Waals surface area (Å²) in [5.41, 5.74) is 3.32. The average Bonchev–Trinajstić information content (AvgIpc) is 3.20. The van der Waals surface area contributed by atoms with E-state index in [1.54, 1.807) is 11.1 Å². The lowest BCUT2D eigenvalue weighted by molar-refractivity contribution is -0.128. The van der Waals surface area contributed by atoms with Crippen molar-refractivity contribution in [1.82, 2.24) is 25.1 Å². The number of carbonyl (C=O) groups excluding carboxylic acids is 2. The number of nitrogens with one attached hydrogen (secondary N) is 2. The van der Waals surface area contributed by atoms with Crippen LogP contribution in [0.15, 0.2) is 30.5 Å². The molecule has 1 aliphatic rings. The molecule has 0 aromatic carbocycles. The molecular weight excluding hydrogens is 344 g/mol. The number of hydrogen-bond acceptors (Lipinski definition) is 5. The van der Waals surface area contributed by atoms with Gasteiger partial charge in [0.15, 0.2) is 11.5 Å². The van der Waals surface area contributed by atoms with E-state index in [1.807, 2.05) is 38.1 Å². The normalized spacial score (nSPS) is 16.9. The number of anilines is 1.